The number of aliphatic imine (C=N–C) groups is 1. The smallest absolute Gasteiger partial charge is 0.422 e. The Bertz CT molecular complexity index is 1010. The molecular weight excluding hydrogens is 466 g/mol. The summed E-state index contributed by atoms with van der Waals surface area (Å²) < 4.78 is 83.9. The Kier molecular flexibility index (Phi) is 7.50. The van der Waals surface area contributed by atoms with Crippen molar-refractivity contribution in [3.8, 4) is 0 Å². The highest BCUT2D eigenvalue weighted by molar-refractivity contribution is 6.07. The number of nitro benzene ring substituents is 1. The molecule has 0 fully saturated rings. The first kappa shape index (κ1) is 25.8. The molecule has 1 heterocycles. The maximum absolute atomic E-state index is 12.6. The highest BCUT2D eigenvalue weighted by Gasteiger charge is 2.46. The Morgan fingerprint density at radius 3 is 2.12 bits per heavy atom. The SMILES string of the molecule is CC1=NC(C)=C(C(=O)OCC(F)(F)F)C(c2ccccc2[N+](=O)[O-])C1C(=O)OCC(F)(F)F. The minimum absolute atomic E-state index is 0.157. The summed E-state index contributed by atoms with van der Waals surface area (Å²) in [5.74, 6) is -6.57. The van der Waals surface area contributed by atoms with Gasteiger partial charge in [-0.05, 0) is 13.8 Å². The summed E-state index contributed by atoms with van der Waals surface area (Å²) in [5.41, 5.74) is -1.96. The molecule has 0 aliphatic carbocycles. The van der Waals surface area contributed by atoms with Crippen LogP contribution >= 0.6 is 0 Å². The van der Waals surface area contributed by atoms with E-state index in [2.05, 4.69) is 14.5 Å². The molecule has 0 spiro atoms. The Morgan fingerprint density at radius 1 is 1.03 bits per heavy atom. The molecule has 1 aromatic carbocycles. The zero-order valence-corrected chi connectivity index (χ0v) is 17.0. The molecule has 0 saturated heterocycles. The van der Waals surface area contributed by atoms with E-state index in [-0.39, 0.29) is 17.0 Å². The van der Waals surface area contributed by atoms with E-state index in [1.54, 1.807) is 0 Å². The molecule has 33 heavy (non-hydrogen) atoms. The van der Waals surface area contributed by atoms with Gasteiger partial charge in [-0.3, -0.25) is 19.9 Å². The maximum Gasteiger partial charge on any atom is 0.422 e. The molecule has 8 nitrogen and oxygen atoms in total. The number of hydrogen-bond acceptors (Lipinski definition) is 7. The fourth-order valence-electron chi connectivity index (χ4n) is 3.33. The highest BCUT2D eigenvalue weighted by Crippen LogP contribution is 2.43. The molecule has 0 aromatic heterocycles. The van der Waals surface area contributed by atoms with Crippen LogP contribution in [0.2, 0.25) is 0 Å². The number of hydrogen-bond donors (Lipinski definition) is 0. The third-order valence-electron chi connectivity index (χ3n) is 4.52. The summed E-state index contributed by atoms with van der Waals surface area (Å²) in [4.78, 5) is 39.7. The Morgan fingerprint density at radius 2 is 1.58 bits per heavy atom. The van der Waals surface area contributed by atoms with E-state index < -0.39 is 65.5 Å². The van der Waals surface area contributed by atoms with Crippen LogP contribution < -0.4 is 0 Å². The predicted molar refractivity (Wildman–Crippen MR) is 99.2 cm³/mol. The van der Waals surface area contributed by atoms with Gasteiger partial charge in [-0.25, -0.2) is 4.79 Å². The van der Waals surface area contributed by atoms with Crippen molar-refractivity contribution < 1.29 is 50.3 Å². The second-order valence-electron chi connectivity index (χ2n) is 6.94. The number of benzene rings is 1. The summed E-state index contributed by atoms with van der Waals surface area (Å²) in [5, 5.41) is 11.5. The summed E-state index contributed by atoms with van der Waals surface area (Å²) >= 11 is 0. The second-order valence-corrected chi connectivity index (χ2v) is 6.94. The number of carbonyl (C=O) groups excluding carboxylic acids is 2. The molecule has 0 amide bonds. The molecule has 14 heteroatoms. The molecular formula is C19H16F6N2O6. The number of esters is 2. The normalized spacial score (nSPS) is 19.1. The van der Waals surface area contributed by atoms with E-state index in [1.165, 1.54) is 26.0 Å². The van der Waals surface area contributed by atoms with Gasteiger partial charge < -0.3 is 9.47 Å². The lowest BCUT2D eigenvalue weighted by atomic mass is 9.75. The second kappa shape index (κ2) is 9.58. The fraction of sp³-hybridized carbons (Fsp3) is 0.421. The first-order valence-corrected chi connectivity index (χ1v) is 9.09. The minimum atomic E-state index is -4.91. The maximum atomic E-state index is 12.6. The molecule has 1 aliphatic heterocycles. The third kappa shape index (κ3) is 6.52. The molecule has 1 aromatic rings. The number of para-hydroxylation sites is 1. The van der Waals surface area contributed by atoms with Gasteiger partial charge in [0.05, 0.1) is 10.5 Å². The average Bonchev–Trinajstić information content (AvgIpc) is 2.68. The third-order valence-corrected chi connectivity index (χ3v) is 4.52. The summed E-state index contributed by atoms with van der Waals surface area (Å²) in [6.45, 7) is -1.59. The van der Waals surface area contributed by atoms with Gasteiger partial charge in [-0.15, -0.1) is 0 Å². The molecule has 0 saturated carbocycles. The van der Waals surface area contributed by atoms with Crippen LogP contribution in [0, 0.1) is 16.0 Å². The number of rotatable bonds is 6. The van der Waals surface area contributed by atoms with Crippen LogP contribution in [0.15, 0.2) is 40.5 Å². The first-order valence-electron chi connectivity index (χ1n) is 9.09. The van der Waals surface area contributed by atoms with Crippen LogP contribution in [-0.4, -0.2) is 48.1 Å². The molecule has 0 bridgehead atoms. The number of allylic oxidation sites excluding steroid dienone is 1. The predicted octanol–water partition coefficient (Wildman–Crippen LogP) is 4.25. The van der Waals surface area contributed by atoms with Crippen molar-refractivity contribution in [3.05, 3.63) is 51.2 Å². The summed E-state index contributed by atoms with van der Waals surface area (Å²) in [7, 11) is 0. The molecule has 2 unspecified atom stereocenters. The molecule has 2 atom stereocenters. The number of carbonyl (C=O) groups is 2. The first-order chi connectivity index (χ1) is 15.1. The standard InChI is InChI=1S/C19H16F6N2O6/c1-9-13(16(28)32-7-18(20,21)22)15(11-5-3-4-6-12(11)27(30)31)14(10(2)26-9)17(29)33-8-19(23,24)25/h3-6,13,15H,7-8H2,1-2H3. The average molecular weight is 482 g/mol. The van der Waals surface area contributed by atoms with Crippen LogP contribution in [0.5, 0.6) is 0 Å². The summed E-state index contributed by atoms with van der Waals surface area (Å²) in [6.07, 6.45) is -9.80. The van der Waals surface area contributed by atoms with E-state index in [0.717, 1.165) is 12.1 Å². The van der Waals surface area contributed by atoms with Crippen molar-refractivity contribution in [3.63, 3.8) is 0 Å². The Labute approximate surface area is 182 Å². The van der Waals surface area contributed by atoms with Gasteiger partial charge in [0.25, 0.3) is 5.69 Å². The zero-order chi connectivity index (χ0) is 25.1. The monoisotopic (exact) mass is 482 g/mol. The Hall–Kier alpha value is -3.45. The van der Waals surface area contributed by atoms with Gasteiger partial charge in [0.1, 0.15) is 5.92 Å². The molecule has 1 aliphatic rings. The van der Waals surface area contributed by atoms with Gasteiger partial charge in [-0.1, -0.05) is 18.2 Å². The van der Waals surface area contributed by atoms with E-state index >= 15 is 0 Å². The van der Waals surface area contributed by atoms with Crippen LogP contribution in [0.1, 0.15) is 25.3 Å². The molecule has 2 rings (SSSR count). The van der Waals surface area contributed by atoms with Crippen LogP contribution in [0.3, 0.4) is 0 Å². The number of nitrogens with zero attached hydrogens (tertiary/aromatic N) is 2. The number of alkyl halides is 6. The van der Waals surface area contributed by atoms with Crippen molar-refractivity contribution in [1.82, 2.24) is 0 Å². The van der Waals surface area contributed by atoms with Crippen LogP contribution in [-0.2, 0) is 19.1 Å². The van der Waals surface area contributed by atoms with E-state index in [1.807, 2.05) is 0 Å². The van der Waals surface area contributed by atoms with Crippen molar-refractivity contribution in [1.29, 1.82) is 0 Å². The number of nitro groups is 1. The summed E-state index contributed by atoms with van der Waals surface area (Å²) in [6, 6.07) is 4.66. The highest BCUT2D eigenvalue weighted by atomic mass is 19.4. The van der Waals surface area contributed by atoms with Crippen LogP contribution in [0.25, 0.3) is 0 Å². The van der Waals surface area contributed by atoms with E-state index in [9.17, 15) is 46.0 Å². The van der Waals surface area contributed by atoms with E-state index in [4.69, 9.17) is 0 Å². The largest absolute Gasteiger partial charge is 0.456 e. The van der Waals surface area contributed by atoms with Gasteiger partial charge in [0, 0.05) is 29.0 Å². The fourth-order valence-corrected chi connectivity index (χ4v) is 3.33. The Balaban J connectivity index is 2.63. The number of ether oxygens (including phenoxy) is 2. The topological polar surface area (TPSA) is 108 Å². The molecule has 180 valence electrons. The lowest BCUT2D eigenvalue weighted by Gasteiger charge is -2.31. The number of halogens is 6. The molecule has 0 N–H and O–H groups in total. The van der Waals surface area contributed by atoms with Crippen molar-refractivity contribution in [2.24, 2.45) is 10.9 Å². The minimum Gasteiger partial charge on any atom is -0.456 e. The molecule has 0 radical (unpaired) electrons. The lowest BCUT2D eigenvalue weighted by Crippen LogP contribution is -2.38. The van der Waals surface area contributed by atoms with E-state index in [0.29, 0.717) is 0 Å². The van der Waals surface area contributed by atoms with Gasteiger partial charge in [-0.2, -0.15) is 26.3 Å². The van der Waals surface area contributed by atoms with Gasteiger partial charge in [0.15, 0.2) is 13.2 Å². The zero-order valence-electron chi connectivity index (χ0n) is 17.0. The quantitative estimate of drug-likeness (QED) is 0.260. The van der Waals surface area contributed by atoms with Crippen LogP contribution in [0.4, 0.5) is 32.0 Å². The van der Waals surface area contributed by atoms with Crippen molar-refractivity contribution in [2.75, 3.05) is 13.2 Å². The van der Waals surface area contributed by atoms with Gasteiger partial charge >= 0.3 is 24.3 Å². The van der Waals surface area contributed by atoms with Crippen molar-refractivity contribution >= 4 is 23.3 Å². The van der Waals surface area contributed by atoms with Gasteiger partial charge in [0.2, 0.25) is 0 Å². The lowest BCUT2D eigenvalue weighted by molar-refractivity contribution is -0.385. The van der Waals surface area contributed by atoms with Crippen molar-refractivity contribution in [2.45, 2.75) is 32.1 Å².